The summed E-state index contributed by atoms with van der Waals surface area (Å²) in [7, 11) is 0. The Balaban J connectivity index is 1.54. The number of ketones is 2. The summed E-state index contributed by atoms with van der Waals surface area (Å²) in [6.45, 7) is 9.62. The first kappa shape index (κ1) is 29.9. The highest BCUT2D eigenvalue weighted by atomic mass is 79.9. The summed E-state index contributed by atoms with van der Waals surface area (Å²) in [5.41, 5.74) is 6.05. The molecule has 2 aliphatic carbocycles. The van der Waals surface area contributed by atoms with Crippen LogP contribution in [0.4, 0.5) is 0 Å². The third kappa shape index (κ3) is 6.12. The van der Waals surface area contributed by atoms with Gasteiger partial charge < -0.3 is 9.64 Å². The van der Waals surface area contributed by atoms with Gasteiger partial charge in [-0.15, -0.1) is 0 Å². The van der Waals surface area contributed by atoms with E-state index in [9.17, 15) is 9.59 Å². The van der Waals surface area contributed by atoms with Gasteiger partial charge in [0.1, 0.15) is 12.4 Å². The Morgan fingerprint density at radius 3 is 1.95 bits per heavy atom. The highest BCUT2D eigenvalue weighted by Crippen LogP contribution is 2.56. The van der Waals surface area contributed by atoms with Crippen LogP contribution in [0.2, 0.25) is 5.02 Å². The van der Waals surface area contributed by atoms with Gasteiger partial charge in [-0.05, 0) is 65.1 Å². The molecule has 0 aromatic heterocycles. The maximum absolute atomic E-state index is 14.2. The molecule has 4 nitrogen and oxygen atoms in total. The Kier molecular flexibility index (Phi) is 7.93. The van der Waals surface area contributed by atoms with Gasteiger partial charge in [0.05, 0.1) is 0 Å². The van der Waals surface area contributed by atoms with E-state index in [4.69, 9.17) is 16.3 Å². The monoisotopic (exact) mass is 657 g/mol. The minimum atomic E-state index is -0.525. The Hall–Kier alpha value is -3.15. The number of rotatable bonds is 6. The average molecular weight is 659 g/mol. The Morgan fingerprint density at radius 1 is 0.791 bits per heavy atom. The molecule has 0 saturated heterocycles. The number of nitrogens with zero attached hydrogens (tertiary/aromatic N) is 1. The largest absolute Gasteiger partial charge is 0.489 e. The summed E-state index contributed by atoms with van der Waals surface area (Å²) >= 11 is 10.1. The second kappa shape index (κ2) is 11.4. The van der Waals surface area contributed by atoms with Gasteiger partial charge in [0.15, 0.2) is 11.6 Å². The van der Waals surface area contributed by atoms with Crippen molar-refractivity contribution in [1.82, 2.24) is 4.90 Å². The van der Waals surface area contributed by atoms with Crippen molar-refractivity contribution in [1.29, 1.82) is 0 Å². The molecule has 0 saturated carbocycles. The zero-order chi connectivity index (χ0) is 30.5. The zero-order valence-corrected chi connectivity index (χ0v) is 27.5. The summed E-state index contributed by atoms with van der Waals surface area (Å²) in [4.78, 5) is 30.8. The topological polar surface area (TPSA) is 46.6 Å². The lowest BCUT2D eigenvalue weighted by Gasteiger charge is -2.49. The molecule has 0 bridgehead atoms. The van der Waals surface area contributed by atoms with Gasteiger partial charge in [0, 0.05) is 62.9 Å². The molecule has 43 heavy (non-hydrogen) atoms. The van der Waals surface area contributed by atoms with E-state index < -0.39 is 5.92 Å². The summed E-state index contributed by atoms with van der Waals surface area (Å²) in [6.07, 6.45) is 2.36. The van der Waals surface area contributed by atoms with Crippen LogP contribution < -0.4 is 4.74 Å². The standard InChI is InChI=1S/C37H37BrClNO3/c1-36(2)17-28-34(30(41)19-36)33(27-16-26(39)14-15-32(27)43-22-24-10-12-25(38)13-11-24)35-29(18-37(3,4)20-31(35)42)40(28)21-23-8-6-5-7-9-23/h5-16,33H,17-22H2,1-4H3. The van der Waals surface area contributed by atoms with E-state index in [1.54, 1.807) is 0 Å². The fourth-order valence-corrected chi connectivity index (χ4v) is 7.38. The van der Waals surface area contributed by atoms with Crippen LogP contribution in [0.1, 0.15) is 76.0 Å². The van der Waals surface area contributed by atoms with Crippen molar-refractivity contribution in [2.75, 3.05) is 0 Å². The second-order valence-electron chi connectivity index (χ2n) is 13.7. The summed E-state index contributed by atoms with van der Waals surface area (Å²) < 4.78 is 7.45. The van der Waals surface area contributed by atoms with E-state index >= 15 is 0 Å². The van der Waals surface area contributed by atoms with Crippen molar-refractivity contribution in [3.63, 3.8) is 0 Å². The first-order chi connectivity index (χ1) is 20.4. The molecule has 0 fully saturated rings. The molecule has 0 radical (unpaired) electrons. The van der Waals surface area contributed by atoms with Crippen molar-refractivity contribution in [3.8, 4) is 5.75 Å². The number of hydrogen-bond acceptors (Lipinski definition) is 4. The molecule has 0 amide bonds. The lowest BCUT2D eigenvalue weighted by Crippen LogP contribution is -2.44. The van der Waals surface area contributed by atoms with Crippen molar-refractivity contribution in [3.05, 3.63) is 122 Å². The molecule has 3 aliphatic rings. The molecule has 3 aromatic carbocycles. The fraction of sp³-hybridized carbons (Fsp3) is 0.351. The van der Waals surface area contributed by atoms with Gasteiger partial charge >= 0.3 is 0 Å². The van der Waals surface area contributed by atoms with Gasteiger partial charge in [0.25, 0.3) is 0 Å². The van der Waals surface area contributed by atoms with Crippen LogP contribution in [0.25, 0.3) is 0 Å². The molecule has 1 heterocycles. The highest BCUT2D eigenvalue weighted by molar-refractivity contribution is 9.10. The maximum Gasteiger partial charge on any atom is 0.162 e. The van der Waals surface area contributed by atoms with Crippen LogP contribution in [-0.4, -0.2) is 16.5 Å². The van der Waals surface area contributed by atoms with E-state index in [0.29, 0.717) is 36.8 Å². The van der Waals surface area contributed by atoms with E-state index in [1.165, 1.54) is 0 Å². The lowest BCUT2D eigenvalue weighted by atomic mass is 9.63. The smallest absolute Gasteiger partial charge is 0.162 e. The minimum absolute atomic E-state index is 0.0948. The number of carbonyl (C=O) groups excluding carboxylic acids is 2. The van der Waals surface area contributed by atoms with Crippen molar-refractivity contribution >= 4 is 39.1 Å². The quantitative estimate of drug-likeness (QED) is 0.265. The van der Waals surface area contributed by atoms with E-state index in [-0.39, 0.29) is 22.4 Å². The summed E-state index contributed by atoms with van der Waals surface area (Å²) in [5.74, 6) is 0.306. The molecular weight excluding hydrogens is 622 g/mol. The molecule has 0 unspecified atom stereocenters. The first-order valence-electron chi connectivity index (χ1n) is 14.9. The Morgan fingerprint density at radius 2 is 1.37 bits per heavy atom. The maximum atomic E-state index is 14.2. The lowest BCUT2D eigenvalue weighted by molar-refractivity contribution is -0.119. The predicted molar refractivity (Wildman–Crippen MR) is 175 cm³/mol. The van der Waals surface area contributed by atoms with Crippen LogP contribution in [0, 0.1) is 10.8 Å². The van der Waals surface area contributed by atoms with Crippen LogP contribution in [0.5, 0.6) is 5.75 Å². The van der Waals surface area contributed by atoms with Crippen molar-refractivity contribution < 1.29 is 14.3 Å². The Labute approximate surface area is 267 Å². The molecule has 6 heteroatoms. The highest BCUT2D eigenvalue weighted by Gasteiger charge is 2.49. The molecular formula is C37H37BrClNO3. The minimum Gasteiger partial charge on any atom is -0.489 e. The number of halogens is 2. The number of ether oxygens (including phenoxy) is 1. The normalized spacial score (nSPS) is 19.8. The molecule has 3 aromatic rings. The van der Waals surface area contributed by atoms with Gasteiger partial charge in [0.2, 0.25) is 0 Å². The fourth-order valence-electron chi connectivity index (χ4n) is 6.93. The van der Waals surface area contributed by atoms with Crippen LogP contribution >= 0.6 is 27.5 Å². The zero-order valence-electron chi connectivity index (χ0n) is 25.2. The summed E-state index contributed by atoms with van der Waals surface area (Å²) in [6, 6.07) is 23.9. The van der Waals surface area contributed by atoms with Crippen molar-refractivity contribution in [2.45, 2.75) is 72.4 Å². The summed E-state index contributed by atoms with van der Waals surface area (Å²) in [5, 5.41) is 0.550. The van der Waals surface area contributed by atoms with Gasteiger partial charge in [-0.1, -0.05) is 97.7 Å². The van der Waals surface area contributed by atoms with E-state index in [0.717, 1.165) is 56.5 Å². The first-order valence-corrected chi connectivity index (χ1v) is 16.1. The van der Waals surface area contributed by atoms with Crippen LogP contribution in [-0.2, 0) is 22.7 Å². The van der Waals surface area contributed by atoms with Crippen molar-refractivity contribution in [2.24, 2.45) is 10.8 Å². The van der Waals surface area contributed by atoms with E-state index in [1.807, 2.05) is 60.7 Å². The number of allylic oxidation sites excluding steroid dienone is 4. The number of carbonyl (C=O) groups is 2. The van der Waals surface area contributed by atoms with E-state index in [2.05, 4.69) is 60.7 Å². The molecule has 0 spiro atoms. The molecule has 6 rings (SSSR count). The second-order valence-corrected chi connectivity index (χ2v) is 15.1. The molecule has 0 N–H and O–H groups in total. The number of hydrogen-bond donors (Lipinski definition) is 0. The third-order valence-electron chi connectivity index (χ3n) is 8.80. The van der Waals surface area contributed by atoms with Gasteiger partial charge in [-0.2, -0.15) is 0 Å². The average Bonchev–Trinajstić information content (AvgIpc) is 2.93. The van der Waals surface area contributed by atoms with Gasteiger partial charge in [-0.25, -0.2) is 0 Å². The van der Waals surface area contributed by atoms with Crippen LogP contribution in [0.15, 0.2) is 99.8 Å². The predicted octanol–water partition coefficient (Wildman–Crippen LogP) is 9.57. The number of Topliss-reactive ketones (excluding diaryl/α,β-unsaturated/α-hetero) is 2. The van der Waals surface area contributed by atoms with Crippen LogP contribution in [0.3, 0.4) is 0 Å². The third-order valence-corrected chi connectivity index (χ3v) is 9.56. The Bertz CT molecular complexity index is 1600. The van der Waals surface area contributed by atoms with Gasteiger partial charge in [-0.3, -0.25) is 9.59 Å². The molecule has 0 atom stereocenters. The SMILES string of the molecule is CC1(C)CC(=O)C2=C(C1)N(Cc1ccccc1)C1=C(C(=O)CC(C)(C)C1)C2c1cc(Cl)ccc1OCc1ccc(Br)cc1. The molecule has 222 valence electrons. The molecule has 1 aliphatic heterocycles. The number of benzene rings is 3.